The number of aryl methyl sites for hydroxylation is 2. The normalized spacial score (nSPS) is 10.8. The minimum absolute atomic E-state index is 0.0758. The molecule has 0 bridgehead atoms. The predicted molar refractivity (Wildman–Crippen MR) is 43.1 cm³/mol. The molecule has 1 heterocycles. The summed E-state index contributed by atoms with van der Waals surface area (Å²) in [5.74, 6) is -0.0758. The number of rotatable bonds is 1. The molecule has 2 nitrogen and oxygen atoms in total. The molecular formula is C8H10F2N2. The van der Waals surface area contributed by atoms with Gasteiger partial charge < -0.3 is 5.73 Å². The van der Waals surface area contributed by atoms with Gasteiger partial charge in [0.05, 0.1) is 5.56 Å². The van der Waals surface area contributed by atoms with Crippen LogP contribution in [0.2, 0.25) is 0 Å². The van der Waals surface area contributed by atoms with Crippen LogP contribution < -0.4 is 5.73 Å². The molecule has 0 aromatic carbocycles. The first-order valence-electron chi connectivity index (χ1n) is 3.54. The molecule has 4 heteroatoms. The fourth-order valence-electron chi connectivity index (χ4n) is 0.920. The smallest absolute Gasteiger partial charge is 0.267 e. The van der Waals surface area contributed by atoms with Gasteiger partial charge in [-0.15, -0.1) is 0 Å². The highest BCUT2D eigenvalue weighted by atomic mass is 19.3. The van der Waals surface area contributed by atoms with E-state index in [-0.39, 0.29) is 11.4 Å². The molecule has 0 aliphatic rings. The molecule has 2 N–H and O–H groups in total. The molecule has 0 fully saturated rings. The van der Waals surface area contributed by atoms with Gasteiger partial charge in [-0.05, 0) is 25.5 Å². The van der Waals surface area contributed by atoms with Gasteiger partial charge in [0.1, 0.15) is 5.82 Å². The van der Waals surface area contributed by atoms with Gasteiger partial charge in [0.15, 0.2) is 0 Å². The van der Waals surface area contributed by atoms with Crippen molar-refractivity contribution in [2.45, 2.75) is 20.3 Å². The van der Waals surface area contributed by atoms with E-state index in [2.05, 4.69) is 4.98 Å². The number of hydrogen-bond donors (Lipinski definition) is 1. The molecule has 0 radical (unpaired) electrons. The van der Waals surface area contributed by atoms with Crippen LogP contribution >= 0.6 is 0 Å². The fourth-order valence-corrected chi connectivity index (χ4v) is 0.920. The maximum absolute atomic E-state index is 12.2. The summed E-state index contributed by atoms with van der Waals surface area (Å²) in [5, 5.41) is 0. The van der Waals surface area contributed by atoms with Crippen LogP contribution in [0.4, 0.5) is 14.6 Å². The van der Waals surface area contributed by atoms with Gasteiger partial charge in [-0.3, -0.25) is 0 Å². The Balaban J connectivity index is 3.23. The lowest BCUT2D eigenvalue weighted by molar-refractivity contribution is 0.152. The first-order valence-corrected chi connectivity index (χ1v) is 3.54. The van der Waals surface area contributed by atoms with Crippen molar-refractivity contribution in [1.29, 1.82) is 0 Å². The van der Waals surface area contributed by atoms with Gasteiger partial charge in [-0.25, -0.2) is 13.8 Å². The van der Waals surface area contributed by atoms with E-state index in [9.17, 15) is 8.78 Å². The van der Waals surface area contributed by atoms with Crippen molar-refractivity contribution >= 4 is 5.82 Å². The first kappa shape index (κ1) is 8.90. The number of aromatic nitrogens is 1. The summed E-state index contributed by atoms with van der Waals surface area (Å²) < 4.78 is 24.4. The van der Waals surface area contributed by atoms with Crippen molar-refractivity contribution in [3.8, 4) is 0 Å². The number of anilines is 1. The average molecular weight is 172 g/mol. The molecule has 0 saturated heterocycles. The molecule has 0 spiro atoms. The van der Waals surface area contributed by atoms with Gasteiger partial charge in [0, 0.05) is 5.69 Å². The summed E-state index contributed by atoms with van der Waals surface area (Å²) in [6.07, 6.45) is -2.54. The summed E-state index contributed by atoms with van der Waals surface area (Å²) in [6.45, 7) is 3.47. The van der Waals surface area contributed by atoms with E-state index < -0.39 is 6.43 Å². The zero-order valence-electron chi connectivity index (χ0n) is 6.94. The van der Waals surface area contributed by atoms with E-state index in [1.165, 1.54) is 6.07 Å². The monoisotopic (exact) mass is 172 g/mol. The van der Waals surface area contributed by atoms with E-state index in [4.69, 9.17) is 5.73 Å². The van der Waals surface area contributed by atoms with Crippen molar-refractivity contribution < 1.29 is 8.78 Å². The van der Waals surface area contributed by atoms with Crippen LogP contribution in [0, 0.1) is 13.8 Å². The largest absolute Gasteiger partial charge is 0.383 e. The van der Waals surface area contributed by atoms with Crippen molar-refractivity contribution in [2.24, 2.45) is 0 Å². The molecule has 0 aliphatic carbocycles. The Kier molecular flexibility index (Phi) is 2.26. The third kappa shape index (κ3) is 1.52. The van der Waals surface area contributed by atoms with E-state index >= 15 is 0 Å². The highest BCUT2D eigenvalue weighted by molar-refractivity contribution is 5.43. The number of nitrogen functional groups attached to an aromatic ring is 1. The van der Waals surface area contributed by atoms with E-state index in [0.29, 0.717) is 5.69 Å². The average Bonchev–Trinajstić information content (AvgIpc) is 1.96. The second-order valence-corrected chi connectivity index (χ2v) is 2.67. The number of alkyl halides is 2. The van der Waals surface area contributed by atoms with Crippen LogP contribution in [0.1, 0.15) is 23.2 Å². The summed E-state index contributed by atoms with van der Waals surface area (Å²) >= 11 is 0. The highest BCUT2D eigenvalue weighted by Crippen LogP contribution is 2.24. The number of halogens is 2. The Morgan fingerprint density at radius 2 is 2.00 bits per heavy atom. The minimum Gasteiger partial charge on any atom is -0.383 e. The lowest BCUT2D eigenvalue weighted by Gasteiger charge is -2.06. The molecule has 0 atom stereocenters. The van der Waals surface area contributed by atoms with Crippen molar-refractivity contribution in [1.82, 2.24) is 4.98 Å². The van der Waals surface area contributed by atoms with Gasteiger partial charge >= 0.3 is 0 Å². The third-order valence-electron chi connectivity index (χ3n) is 1.76. The zero-order chi connectivity index (χ0) is 9.30. The Bertz CT molecular complexity index is 297. The molecular weight excluding hydrogens is 162 g/mol. The van der Waals surface area contributed by atoms with Crippen molar-refractivity contribution in [2.75, 3.05) is 5.73 Å². The maximum atomic E-state index is 12.2. The minimum atomic E-state index is -2.54. The fraction of sp³-hybridized carbons (Fsp3) is 0.375. The Morgan fingerprint density at radius 1 is 1.42 bits per heavy atom. The van der Waals surface area contributed by atoms with E-state index in [0.717, 1.165) is 5.56 Å². The van der Waals surface area contributed by atoms with Crippen LogP contribution in [0.15, 0.2) is 6.07 Å². The first-order chi connectivity index (χ1) is 5.52. The molecule has 0 unspecified atom stereocenters. The Labute approximate surface area is 69.4 Å². The number of nitrogens with two attached hydrogens (primary N) is 1. The molecule has 1 rings (SSSR count). The van der Waals surface area contributed by atoms with Crippen molar-refractivity contribution in [3.05, 3.63) is 22.9 Å². The second kappa shape index (κ2) is 3.05. The maximum Gasteiger partial charge on any atom is 0.267 e. The molecule has 12 heavy (non-hydrogen) atoms. The summed E-state index contributed by atoms with van der Waals surface area (Å²) in [6, 6.07) is 1.38. The lowest BCUT2D eigenvalue weighted by Crippen LogP contribution is -2.01. The zero-order valence-corrected chi connectivity index (χ0v) is 6.94. The van der Waals surface area contributed by atoms with Gasteiger partial charge in [-0.1, -0.05) is 0 Å². The third-order valence-corrected chi connectivity index (χ3v) is 1.76. The van der Waals surface area contributed by atoms with Crippen LogP contribution in [-0.2, 0) is 0 Å². The SMILES string of the molecule is Cc1cc(C(F)F)c(N)nc1C. The standard InChI is InChI=1S/C8H10F2N2/c1-4-3-6(7(9)10)8(11)12-5(4)2/h3,7H,1-2H3,(H2,11,12). The Morgan fingerprint density at radius 3 is 2.50 bits per heavy atom. The molecule has 0 amide bonds. The molecule has 1 aromatic rings. The van der Waals surface area contributed by atoms with E-state index in [1.807, 2.05) is 0 Å². The number of nitrogens with zero attached hydrogens (tertiary/aromatic N) is 1. The quantitative estimate of drug-likeness (QED) is 0.705. The Hall–Kier alpha value is -1.19. The van der Waals surface area contributed by atoms with Gasteiger partial charge in [0.25, 0.3) is 6.43 Å². The number of hydrogen-bond acceptors (Lipinski definition) is 2. The molecule has 1 aromatic heterocycles. The number of pyridine rings is 1. The summed E-state index contributed by atoms with van der Waals surface area (Å²) in [5.41, 5.74) is 6.55. The topological polar surface area (TPSA) is 38.9 Å². The second-order valence-electron chi connectivity index (χ2n) is 2.67. The molecule has 66 valence electrons. The van der Waals surface area contributed by atoms with Gasteiger partial charge in [0.2, 0.25) is 0 Å². The molecule has 0 saturated carbocycles. The highest BCUT2D eigenvalue weighted by Gasteiger charge is 2.13. The summed E-state index contributed by atoms with van der Waals surface area (Å²) in [4.78, 5) is 3.79. The molecule has 0 aliphatic heterocycles. The van der Waals surface area contributed by atoms with Crippen LogP contribution in [0.25, 0.3) is 0 Å². The van der Waals surface area contributed by atoms with Crippen LogP contribution in [-0.4, -0.2) is 4.98 Å². The lowest BCUT2D eigenvalue weighted by atomic mass is 10.1. The van der Waals surface area contributed by atoms with Crippen molar-refractivity contribution in [3.63, 3.8) is 0 Å². The summed E-state index contributed by atoms with van der Waals surface area (Å²) in [7, 11) is 0. The van der Waals surface area contributed by atoms with Crippen LogP contribution in [0.5, 0.6) is 0 Å². The predicted octanol–water partition coefficient (Wildman–Crippen LogP) is 2.22. The van der Waals surface area contributed by atoms with Gasteiger partial charge in [-0.2, -0.15) is 0 Å². The van der Waals surface area contributed by atoms with E-state index in [1.54, 1.807) is 13.8 Å². The van der Waals surface area contributed by atoms with Crippen LogP contribution in [0.3, 0.4) is 0 Å².